The predicted molar refractivity (Wildman–Crippen MR) is 73.8 cm³/mol. The van der Waals surface area contributed by atoms with Crippen molar-refractivity contribution >= 4 is 11.6 Å². The van der Waals surface area contributed by atoms with Crippen molar-refractivity contribution in [2.75, 3.05) is 6.61 Å². The van der Waals surface area contributed by atoms with Crippen LogP contribution in [-0.4, -0.2) is 27.6 Å². The first-order valence-electron chi connectivity index (χ1n) is 6.19. The molecular weight excluding hydrogens is 276 g/mol. The van der Waals surface area contributed by atoms with Crippen molar-refractivity contribution in [1.29, 1.82) is 0 Å². The number of aromatic amines is 1. The number of H-pyrrole nitrogens is 1. The summed E-state index contributed by atoms with van der Waals surface area (Å²) in [4.78, 5) is 21.7. The van der Waals surface area contributed by atoms with Crippen LogP contribution < -0.4 is 10.1 Å². The number of rotatable bonds is 6. The summed E-state index contributed by atoms with van der Waals surface area (Å²) in [6.07, 6.45) is 1.64. The number of carbonyl (C=O) groups is 1. The lowest BCUT2D eigenvalue weighted by atomic mass is 10.2. The van der Waals surface area contributed by atoms with Crippen LogP contribution in [0.3, 0.4) is 0 Å². The van der Waals surface area contributed by atoms with Crippen LogP contribution in [0.1, 0.15) is 11.3 Å². The van der Waals surface area contributed by atoms with Crippen LogP contribution in [0.15, 0.2) is 30.5 Å². The number of aryl methyl sites for hydroxylation is 1. The molecule has 0 aliphatic rings. The van der Waals surface area contributed by atoms with Gasteiger partial charge in [0.2, 0.25) is 0 Å². The first-order valence-corrected chi connectivity index (χ1v) is 6.19. The minimum absolute atomic E-state index is 0.0815. The minimum atomic E-state index is -0.519. The smallest absolute Gasteiger partial charge is 0.273 e. The van der Waals surface area contributed by atoms with Gasteiger partial charge in [0.1, 0.15) is 5.75 Å². The second-order valence-corrected chi connectivity index (χ2v) is 4.34. The molecule has 0 fully saturated rings. The second-order valence-electron chi connectivity index (χ2n) is 4.34. The standard InChI is InChI=1S/C13H14N4O4/c1-9-10(7-15-16-9)6-14-13(18)8-21-12-4-2-3-11(5-12)17(19)20/h2-5,7H,6,8H2,1H3,(H,14,18)(H,15,16). The Morgan fingerprint density at radius 1 is 1.52 bits per heavy atom. The predicted octanol–water partition coefficient (Wildman–Crippen LogP) is 1.32. The van der Waals surface area contributed by atoms with E-state index in [-0.39, 0.29) is 24.0 Å². The van der Waals surface area contributed by atoms with Gasteiger partial charge in [0.05, 0.1) is 17.2 Å². The average molecular weight is 290 g/mol. The van der Waals surface area contributed by atoms with E-state index in [0.29, 0.717) is 6.54 Å². The van der Waals surface area contributed by atoms with Gasteiger partial charge in [-0.1, -0.05) is 6.07 Å². The van der Waals surface area contributed by atoms with Crippen molar-refractivity contribution in [2.24, 2.45) is 0 Å². The molecule has 0 bridgehead atoms. The summed E-state index contributed by atoms with van der Waals surface area (Å²) in [5.74, 6) is -0.0408. The zero-order valence-electron chi connectivity index (χ0n) is 11.3. The summed E-state index contributed by atoms with van der Waals surface area (Å²) < 4.78 is 5.22. The molecule has 110 valence electrons. The third-order valence-corrected chi connectivity index (χ3v) is 2.81. The van der Waals surface area contributed by atoms with Gasteiger partial charge >= 0.3 is 0 Å². The quantitative estimate of drug-likeness (QED) is 0.616. The molecule has 0 saturated carbocycles. The number of nitro benzene ring substituents is 1. The average Bonchev–Trinajstić information content (AvgIpc) is 2.88. The Bertz CT molecular complexity index is 653. The van der Waals surface area contributed by atoms with Crippen molar-refractivity contribution in [2.45, 2.75) is 13.5 Å². The van der Waals surface area contributed by atoms with Crippen molar-refractivity contribution < 1.29 is 14.5 Å². The largest absolute Gasteiger partial charge is 0.484 e. The van der Waals surface area contributed by atoms with Crippen LogP contribution in [0.25, 0.3) is 0 Å². The van der Waals surface area contributed by atoms with E-state index in [1.54, 1.807) is 12.3 Å². The summed E-state index contributed by atoms with van der Waals surface area (Å²) in [6, 6.07) is 5.68. The van der Waals surface area contributed by atoms with Gasteiger partial charge < -0.3 is 10.1 Å². The maximum absolute atomic E-state index is 11.6. The molecule has 1 heterocycles. The SMILES string of the molecule is Cc1[nH]ncc1CNC(=O)COc1cccc([N+](=O)[O-])c1. The lowest BCUT2D eigenvalue weighted by Gasteiger charge is -2.07. The van der Waals surface area contributed by atoms with Crippen LogP contribution in [0.4, 0.5) is 5.69 Å². The normalized spacial score (nSPS) is 10.1. The molecule has 2 aromatic rings. The molecule has 21 heavy (non-hydrogen) atoms. The fourth-order valence-electron chi connectivity index (χ4n) is 1.63. The molecule has 8 heteroatoms. The van der Waals surface area contributed by atoms with Gasteiger partial charge in [0, 0.05) is 23.9 Å². The van der Waals surface area contributed by atoms with E-state index >= 15 is 0 Å². The van der Waals surface area contributed by atoms with Crippen LogP contribution in [-0.2, 0) is 11.3 Å². The highest BCUT2D eigenvalue weighted by Gasteiger charge is 2.08. The first kappa shape index (κ1) is 14.5. The van der Waals surface area contributed by atoms with Crippen LogP contribution in [0, 0.1) is 17.0 Å². The molecule has 0 atom stereocenters. The van der Waals surface area contributed by atoms with Crippen LogP contribution >= 0.6 is 0 Å². The molecular formula is C13H14N4O4. The monoisotopic (exact) mass is 290 g/mol. The number of nitrogens with zero attached hydrogens (tertiary/aromatic N) is 2. The molecule has 2 rings (SSSR count). The van der Waals surface area contributed by atoms with Gasteiger partial charge in [-0.25, -0.2) is 0 Å². The Morgan fingerprint density at radius 2 is 2.33 bits per heavy atom. The van der Waals surface area contributed by atoms with E-state index in [2.05, 4.69) is 15.5 Å². The van der Waals surface area contributed by atoms with Crippen molar-refractivity contribution in [3.05, 3.63) is 51.8 Å². The van der Waals surface area contributed by atoms with Crippen LogP contribution in [0.2, 0.25) is 0 Å². The summed E-state index contributed by atoms with van der Waals surface area (Å²) >= 11 is 0. The summed E-state index contributed by atoms with van der Waals surface area (Å²) in [7, 11) is 0. The van der Waals surface area contributed by atoms with Gasteiger partial charge in [0.25, 0.3) is 11.6 Å². The number of hydrogen-bond donors (Lipinski definition) is 2. The number of aromatic nitrogens is 2. The van der Waals surface area contributed by atoms with E-state index in [4.69, 9.17) is 4.74 Å². The summed E-state index contributed by atoms with van der Waals surface area (Å²) in [5, 5.41) is 19.9. The highest BCUT2D eigenvalue weighted by atomic mass is 16.6. The number of non-ortho nitro benzene ring substituents is 1. The molecule has 0 radical (unpaired) electrons. The highest BCUT2D eigenvalue weighted by molar-refractivity contribution is 5.77. The summed E-state index contributed by atoms with van der Waals surface area (Å²) in [5.41, 5.74) is 1.69. The van der Waals surface area contributed by atoms with Crippen LogP contribution in [0.5, 0.6) is 5.75 Å². The molecule has 1 aromatic carbocycles. The molecule has 0 spiro atoms. The maximum Gasteiger partial charge on any atom is 0.273 e. The van der Waals surface area contributed by atoms with Crippen molar-refractivity contribution in [3.8, 4) is 5.75 Å². The Balaban J connectivity index is 1.82. The number of nitrogens with one attached hydrogen (secondary N) is 2. The number of ether oxygens (including phenoxy) is 1. The number of amides is 1. The van der Waals surface area contributed by atoms with E-state index in [9.17, 15) is 14.9 Å². The van der Waals surface area contributed by atoms with E-state index in [1.165, 1.54) is 18.2 Å². The fraction of sp³-hybridized carbons (Fsp3) is 0.231. The van der Waals surface area contributed by atoms with E-state index in [0.717, 1.165) is 11.3 Å². The van der Waals surface area contributed by atoms with Gasteiger partial charge in [-0.05, 0) is 13.0 Å². The summed E-state index contributed by atoms with van der Waals surface area (Å²) in [6.45, 7) is 1.99. The van der Waals surface area contributed by atoms with Crippen molar-refractivity contribution in [1.82, 2.24) is 15.5 Å². The Kier molecular flexibility index (Phi) is 4.50. The molecule has 0 aliphatic carbocycles. The number of nitro groups is 1. The third kappa shape index (κ3) is 4.03. The molecule has 1 aromatic heterocycles. The van der Waals surface area contributed by atoms with E-state index in [1.807, 2.05) is 6.92 Å². The number of carbonyl (C=O) groups excluding carboxylic acids is 1. The van der Waals surface area contributed by atoms with Crippen molar-refractivity contribution in [3.63, 3.8) is 0 Å². The molecule has 0 unspecified atom stereocenters. The Hall–Kier alpha value is -2.90. The first-order chi connectivity index (χ1) is 10.1. The van der Waals surface area contributed by atoms with Gasteiger partial charge in [0.15, 0.2) is 6.61 Å². The van der Waals surface area contributed by atoms with Gasteiger partial charge in [-0.15, -0.1) is 0 Å². The topological polar surface area (TPSA) is 110 Å². The number of benzene rings is 1. The second kappa shape index (κ2) is 6.51. The third-order valence-electron chi connectivity index (χ3n) is 2.81. The molecule has 0 aliphatic heterocycles. The Labute approximate surface area is 120 Å². The molecule has 8 nitrogen and oxygen atoms in total. The highest BCUT2D eigenvalue weighted by Crippen LogP contribution is 2.18. The Morgan fingerprint density at radius 3 is 3.00 bits per heavy atom. The molecule has 2 N–H and O–H groups in total. The zero-order valence-corrected chi connectivity index (χ0v) is 11.3. The van der Waals surface area contributed by atoms with Gasteiger partial charge in [-0.2, -0.15) is 5.10 Å². The molecule has 0 saturated heterocycles. The molecule has 1 amide bonds. The minimum Gasteiger partial charge on any atom is -0.484 e. The zero-order chi connectivity index (χ0) is 15.2. The fourth-order valence-corrected chi connectivity index (χ4v) is 1.63. The number of hydrogen-bond acceptors (Lipinski definition) is 5. The van der Waals surface area contributed by atoms with Gasteiger partial charge in [-0.3, -0.25) is 20.0 Å². The maximum atomic E-state index is 11.6. The lowest BCUT2D eigenvalue weighted by Crippen LogP contribution is -2.28. The lowest BCUT2D eigenvalue weighted by molar-refractivity contribution is -0.384. The van der Waals surface area contributed by atoms with E-state index < -0.39 is 4.92 Å².